The summed E-state index contributed by atoms with van der Waals surface area (Å²) in [6.07, 6.45) is 3.57. The summed E-state index contributed by atoms with van der Waals surface area (Å²) in [5.41, 5.74) is 1.30. The molecule has 0 radical (unpaired) electrons. The average molecular weight is 270 g/mol. The van der Waals surface area contributed by atoms with Crippen molar-refractivity contribution in [1.29, 1.82) is 0 Å². The molecule has 0 fully saturated rings. The molecule has 0 amide bonds. The lowest BCUT2D eigenvalue weighted by Gasteiger charge is -2.30. The van der Waals surface area contributed by atoms with Gasteiger partial charge in [-0.3, -0.25) is 4.90 Å². The van der Waals surface area contributed by atoms with Crippen molar-refractivity contribution in [2.24, 2.45) is 0 Å². The van der Waals surface area contributed by atoms with Gasteiger partial charge in [-0.15, -0.1) is 11.3 Å². The Labute approximate surface area is 113 Å². The Balaban J connectivity index is 1.92. The minimum absolute atomic E-state index is 0.103. The van der Waals surface area contributed by atoms with Crippen molar-refractivity contribution in [1.82, 2.24) is 9.88 Å². The maximum Gasteiger partial charge on any atom is 0.0900 e. The van der Waals surface area contributed by atoms with Crippen LogP contribution >= 0.6 is 11.3 Å². The van der Waals surface area contributed by atoms with Crippen LogP contribution in [0.4, 0.5) is 0 Å². The van der Waals surface area contributed by atoms with E-state index in [4.69, 9.17) is 9.84 Å². The Bertz CT molecular complexity index is 381. The second kappa shape index (κ2) is 6.61. The summed E-state index contributed by atoms with van der Waals surface area (Å²) in [5.74, 6) is 0. The molecule has 1 N–H and O–H groups in total. The van der Waals surface area contributed by atoms with Gasteiger partial charge in [0.1, 0.15) is 0 Å². The number of aryl methyl sites for hydroxylation is 2. The van der Waals surface area contributed by atoms with E-state index in [1.165, 1.54) is 28.4 Å². The Morgan fingerprint density at radius 2 is 2.33 bits per heavy atom. The van der Waals surface area contributed by atoms with E-state index in [1.807, 2.05) is 11.3 Å². The molecule has 1 heterocycles. The van der Waals surface area contributed by atoms with Crippen molar-refractivity contribution in [2.75, 3.05) is 33.4 Å². The first-order valence-corrected chi connectivity index (χ1v) is 7.39. The van der Waals surface area contributed by atoms with Gasteiger partial charge in [-0.05, 0) is 33.2 Å². The van der Waals surface area contributed by atoms with Crippen molar-refractivity contribution in [2.45, 2.75) is 32.2 Å². The summed E-state index contributed by atoms with van der Waals surface area (Å²) < 4.78 is 5.33. The first-order chi connectivity index (χ1) is 8.72. The van der Waals surface area contributed by atoms with E-state index in [-0.39, 0.29) is 6.61 Å². The summed E-state index contributed by atoms with van der Waals surface area (Å²) in [5, 5.41) is 9.85. The van der Waals surface area contributed by atoms with Crippen LogP contribution in [0, 0.1) is 6.92 Å². The fraction of sp³-hybridized carbons (Fsp3) is 0.769. The molecule has 0 saturated heterocycles. The molecule has 4 nitrogen and oxygen atoms in total. The number of fused-ring (bicyclic) bond motifs is 1. The van der Waals surface area contributed by atoms with Crippen LogP contribution in [0.1, 0.15) is 34.5 Å². The molecule has 0 aromatic carbocycles. The minimum atomic E-state index is 0.103. The summed E-state index contributed by atoms with van der Waals surface area (Å²) in [6.45, 7) is 4.21. The van der Waals surface area contributed by atoms with Crippen LogP contribution in [0.5, 0.6) is 0 Å². The van der Waals surface area contributed by atoms with E-state index in [0.29, 0.717) is 19.3 Å². The van der Waals surface area contributed by atoms with Crippen molar-refractivity contribution >= 4 is 11.3 Å². The highest BCUT2D eigenvalue weighted by molar-refractivity contribution is 7.11. The average Bonchev–Trinajstić information content (AvgIpc) is 2.74. The summed E-state index contributed by atoms with van der Waals surface area (Å²) in [4.78, 5) is 8.42. The zero-order valence-corrected chi connectivity index (χ0v) is 12.0. The molecule has 1 atom stereocenters. The van der Waals surface area contributed by atoms with Crippen molar-refractivity contribution in [3.63, 3.8) is 0 Å². The van der Waals surface area contributed by atoms with Gasteiger partial charge in [0.2, 0.25) is 0 Å². The van der Waals surface area contributed by atoms with Gasteiger partial charge in [-0.25, -0.2) is 4.98 Å². The summed E-state index contributed by atoms with van der Waals surface area (Å²) in [7, 11) is 2.15. The van der Waals surface area contributed by atoms with Crippen LogP contribution in [0.25, 0.3) is 0 Å². The third kappa shape index (κ3) is 3.29. The molecule has 1 aliphatic rings. The lowest BCUT2D eigenvalue weighted by molar-refractivity contribution is 0.0686. The number of hydrogen-bond acceptors (Lipinski definition) is 5. The molecule has 0 bridgehead atoms. The van der Waals surface area contributed by atoms with Gasteiger partial charge >= 0.3 is 0 Å². The number of rotatable bonds is 6. The number of aromatic nitrogens is 1. The van der Waals surface area contributed by atoms with Crippen molar-refractivity contribution < 1.29 is 9.84 Å². The molecule has 0 aliphatic heterocycles. The number of aliphatic hydroxyl groups is 1. The van der Waals surface area contributed by atoms with E-state index in [9.17, 15) is 0 Å². The molecule has 0 spiro atoms. The lowest BCUT2D eigenvalue weighted by Crippen LogP contribution is -2.30. The van der Waals surface area contributed by atoms with Crippen LogP contribution in [0.3, 0.4) is 0 Å². The van der Waals surface area contributed by atoms with E-state index in [2.05, 4.69) is 23.9 Å². The van der Waals surface area contributed by atoms with Crippen LogP contribution in [-0.4, -0.2) is 48.4 Å². The Morgan fingerprint density at radius 3 is 3.11 bits per heavy atom. The molecule has 1 unspecified atom stereocenters. The van der Waals surface area contributed by atoms with Crippen LogP contribution in [0.15, 0.2) is 0 Å². The predicted molar refractivity (Wildman–Crippen MR) is 73.1 cm³/mol. The highest BCUT2D eigenvalue weighted by atomic mass is 32.1. The molecule has 2 rings (SSSR count). The quantitative estimate of drug-likeness (QED) is 0.800. The van der Waals surface area contributed by atoms with Gasteiger partial charge in [-0.1, -0.05) is 0 Å². The first kappa shape index (κ1) is 13.9. The third-order valence-electron chi connectivity index (χ3n) is 3.38. The number of nitrogens with zero attached hydrogens (tertiary/aromatic N) is 2. The van der Waals surface area contributed by atoms with Gasteiger partial charge in [0, 0.05) is 17.5 Å². The largest absolute Gasteiger partial charge is 0.394 e. The fourth-order valence-corrected chi connectivity index (χ4v) is 3.64. The molecule has 1 aliphatic carbocycles. The lowest BCUT2D eigenvalue weighted by atomic mass is 9.97. The topological polar surface area (TPSA) is 45.6 Å². The monoisotopic (exact) mass is 270 g/mol. The standard InChI is InChI=1S/C13H22N2O2S/c1-10-14-11-4-3-5-12(13(11)18-10)15(2)6-8-17-9-7-16/h12,16H,3-9H2,1-2H3. The van der Waals surface area contributed by atoms with Gasteiger partial charge in [-0.2, -0.15) is 0 Å². The normalized spacial score (nSPS) is 19.2. The van der Waals surface area contributed by atoms with E-state index < -0.39 is 0 Å². The number of likely N-dealkylation sites (N-methyl/N-ethyl adjacent to an activating group) is 1. The van der Waals surface area contributed by atoms with Gasteiger partial charge < -0.3 is 9.84 Å². The smallest absolute Gasteiger partial charge is 0.0900 e. The third-order valence-corrected chi connectivity index (χ3v) is 4.50. The maximum atomic E-state index is 8.67. The molecule has 0 saturated carbocycles. The molecular weight excluding hydrogens is 248 g/mol. The van der Waals surface area contributed by atoms with E-state index >= 15 is 0 Å². The second-order valence-corrected chi connectivity index (χ2v) is 6.00. The van der Waals surface area contributed by atoms with Crippen LogP contribution < -0.4 is 0 Å². The summed E-state index contributed by atoms with van der Waals surface area (Å²) in [6, 6.07) is 0.498. The fourth-order valence-electron chi connectivity index (χ4n) is 2.47. The minimum Gasteiger partial charge on any atom is -0.394 e. The highest BCUT2D eigenvalue weighted by Gasteiger charge is 2.26. The zero-order chi connectivity index (χ0) is 13.0. The Morgan fingerprint density at radius 1 is 1.50 bits per heavy atom. The molecule has 1 aromatic heterocycles. The van der Waals surface area contributed by atoms with Crippen LogP contribution in [0.2, 0.25) is 0 Å². The van der Waals surface area contributed by atoms with E-state index in [1.54, 1.807) is 0 Å². The SMILES string of the molecule is Cc1nc2c(s1)C(N(C)CCOCCO)CCC2. The van der Waals surface area contributed by atoms with Crippen molar-refractivity contribution in [3.05, 3.63) is 15.6 Å². The molecule has 102 valence electrons. The van der Waals surface area contributed by atoms with E-state index in [0.717, 1.165) is 13.0 Å². The number of hydrogen-bond donors (Lipinski definition) is 1. The number of thiazole rings is 1. The van der Waals surface area contributed by atoms with Gasteiger partial charge in [0.05, 0.1) is 30.5 Å². The second-order valence-electron chi connectivity index (χ2n) is 4.77. The number of aliphatic hydroxyl groups excluding tert-OH is 1. The van der Waals surface area contributed by atoms with Crippen LogP contribution in [-0.2, 0) is 11.2 Å². The first-order valence-electron chi connectivity index (χ1n) is 6.57. The van der Waals surface area contributed by atoms with Gasteiger partial charge in [0.15, 0.2) is 0 Å². The number of ether oxygens (including phenoxy) is 1. The van der Waals surface area contributed by atoms with Gasteiger partial charge in [0.25, 0.3) is 0 Å². The van der Waals surface area contributed by atoms with Crippen molar-refractivity contribution in [3.8, 4) is 0 Å². The predicted octanol–water partition coefficient (Wildman–Crippen LogP) is 1.77. The molecule has 1 aromatic rings. The Kier molecular flexibility index (Phi) is 5.12. The molecular formula is C13H22N2O2S. The Hall–Kier alpha value is -0.490. The zero-order valence-electron chi connectivity index (χ0n) is 11.2. The molecule has 18 heavy (non-hydrogen) atoms. The molecule has 5 heteroatoms. The highest BCUT2D eigenvalue weighted by Crippen LogP contribution is 2.37. The maximum absolute atomic E-state index is 8.67. The summed E-state index contributed by atoms with van der Waals surface area (Å²) >= 11 is 1.84.